The average Bonchev–Trinajstić information content (AvgIpc) is 2.62. The third kappa shape index (κ3) is 2.22. The Bertz CT molecular complexity index is 454. The largest absolute Gasteiger partial charge is 0.369 e. The van der Waals surface area contributed by atoms with Gasteiger partial charge in [-0.2, -0.15) is 0 Å². The highest BCUT2D eigenvalue weighted by Gasteiger charge is 2.44. The molecule has 0 aromatic carbocycles. The van der Waals surface area contributed by atoms with E-state index < -0.39 is 5.41 Å². The Morgan fingerprint density at radius 1 is 1.44 bits per heavy atom. The molecule has 1 aliphatic rings. The molecule has 0 radical (unpaired) electrons. The first-order valence-electron chi connectivity index (χ1n) is 6.02. The van der Waals surface area contributed by atoms with Crippen molar-refractivity contribution in [2.45, 2.75) is 39.8 Å². The number of likely N-dealkylation sites (tertiary alicyclic amines) is 1. The first-order valence-corrected chi connectivity index (χ1v) is 6.02. The zero-order valence-electron chi connectivity index (χ0n) is 11.3. The second kappa shape index (κ2) is 4.01. The van der Waals surface area contributed by atoms with Crippen molar-refractivity contribution >= 4 is 5.91 Å². The lowest BCUT2D eigenvalue weighted by molar-refractivity contribution is -0.137. The molecule has 2 heterocycles. The quantitative estimate of drug-likeness (QED) is 0.800. The van der Waals surface area contributed by atoms with Crippen LogP contribution in [0.15, 0.2) is 0 Å². The summed E-state index contributed by atoms with van der Waals surface area (Å²) in [7, 11) is 0. The Balaban J connectivity index is 2.01. The summed E-state index contributed by atoms with van der Waals surface area (Å²) in [6, 6.07) is 0. The van der Waals surface area contributed by atoms with Crippen molar-refractivity contribution in [3.63, 3.8) is 0 Å². The van der Waals surface area contributed by atoms with Gasteiger partial charge in [-0.25, -0.2) is 4.68 Å². The van der Waals surface area contributed by atoms with Gasteiger partial charge in [0.1, 0.15) is 0 Å². The molecule has 0 saturated carbocycles. The number of amides is 1. The number of carbonyl (C=O) groups is 1. The summed E-state index contributed by atoms with van der Waals surface area (Å²) in [6.07, 6.45) is 0. The molecular formula is C11H20N6O. The smallest absolute Gasteiger partial charge is 0.225 e. The van der Waals surface area contributed by atoms with Crippen LogP contribution in [0.25, 0.3) is 0 Å². The second-order valence-corrected chi connectivity index (χ2v) is 6.25. The zero-order chi connectivity index (χ0) is 13.6. The molecule has 1 saturated heterocycles. The van der Waals surface area contributed by atoms with E-state index in [9.17, 15) is 4.79 Å². The summed E-state index contributed by atoms with van der Waals surface area (Å²) in [5, 5.41) is 11.8. The third-order valence-electron chi connectivity index (χ3n) is 3.27. The minimum atomic E-state index is -0.403. The van der Waals surface area contributed by atoms with E-state index in [2.05, 4.69) is 41.2 Å². The number of tetrazole rings is 1. The lowest BCUT2D eigenvalue weighted by Gasteiger charge is -2.45. The van der Waals surface area contributed by atoms with Crippen LogP contribution >= 0.6 is 0 Å². The van der Waals surface area contributed by atoms with Crippen LogP contribution in [0.5, 0.6) is 0 Å². The number of primary amides is 1. The van der Waals surface area contributed by atoms with Crippen LogP contribution in [0.4, 0.5) is 0 Å². The van der Waals surface area contributed by atoms with Gasteiger partial charge in [0.25, 0.3) is 0 Å². The third-order valence-corrected chi connectivity index (χ3v) is 3.27. The van der Waals surface area contributed by atoms with Gasteiger partial charge in [-0.05, 0) is 38.1 Å². The molecule has 2 N–H and O–H groups in total. The summed E-state index contributed by atoms with van der Waals surface area (Å²) in [4.78, 5) is 13.4. The van der Waals surface area contributed by atoms with E-state index in [0.29, 0.717) is 19.6 Å². The summed E-state index contributed by atoms with van der Waals surface area (Å²) in [5.74, 6) is 0.572. The first-order chi connectivity index (χ1) is 8.22. The fourth-order valence-electron chi connectivity index (χ4n) is 2.23. The maximum absolute atomic E-state index is 11.2. The molecule has 1 fully saturated rings. The SMILES string of the molecule is CC1(C(N)=O)CN(Cc2nnnn2C(C)(C)C)C1. The Labute approximate surface area is 106 Å². The van der Waals surface area contributed by atoms with Crippen molar-refractivity contribution in [1.82, 2.24) is 25.1 Å². The van der Waals surface area contributed by atoms with Crippen LogP contribution in [0.2, 0.25) is 0 Å². The van der Waals surface area contributed by atoms with Gasteiger partial charge < -0.3 is 5.73 Å². The molecule has 0 atom stereocenters. The number of rotatable bonds is 3. The van der Waals surface area contributed by atoms with E-state index in [1.807, 2.05) is 11.6 Å². The molecule has 0 unspecified atom stereocenters. The minimum absolute atomic E-state index is 0.142. The van der Waals surface area contributed by atoms with E-state index in [0.717, 1.165) is 5.82 Å². The van der Waals surface area contributed by atoms with E-state index >= 15 is 0 Å². The lowest BCUT2D eigenvalue weighted by atomic mass is 9.81. The molecule has 1 amide bonds. The highest BCUT2D eigenvalue weighted by atomic mass is 16.1. The summed E-state index contributed by atoms with van der Waals surface area (Å²) >= 11 is 0. The topological polar surface area (TPSA) is 89.9 Å². The lowest BCUT2D eigenvalue weighted by Crippen LogP contribution is -2.60. The molecule has 7 nitrogen and oxygen atoms in total. The fourth-order valence-corrected chi connectivity index (χ4v) is 2.23. The molecule has 1 aliphatic heterocycles. The van der Waals surface area contributed by atoms with Gasteiger partial charge in [0.15, 0.2) is 5.82 Å². The van der Waals surface area contributed by atoms with Crippen molar-refractivity contribution in [3.8, 4) is 0 Å². The van der Waals surface area contributed by atoms with E-state index in [1.54, 1.807) is 0 Å². The Kier molecular flexibility index (Phi) is 2.89. The van der Waals surface area contributed by atoms with Crippen molar-refractivity contribution in [2.75, 3.05) is 13.1 Å². The van der Waals surface area contributed by atoms with Crippen LogP contribution in [0, 0.1) is 5.41 Å². The van der Waals surface area contributed by atoms with Gasteiger partial charge >= 0.3 is 0 Å². The molecule has 100 valence electrons. The van der Waals surface area contributed by atoms with Crippen molar-refractivity contribution < 1.29 is 4.79 Å². The highest BCUT2D eigenvalue weighted by Crippen LogP contribution is 2.30. The molecule has 7 heteroatoms. The maximum Gasteiger partial charge on any atom is 0.225 e. The normalized spacial score (nSPS) is 19.6. The molecule has 18 heavy (non-hydrogen) atoms. The Morgan fingerprint density at radius 3 is 2.56 bits per heavy atom. The molecule has 1 aromatic heterocycles. The van der Waals surface area contributed by atoms with E-state index in [4.69, 9.17) is 5.73 Å². The van der Waals surface area contributed by atoms with Gasteiger partial charge in [-0.15, -0.1) is 5.10 Å². The van der Waals surface area contributed by atoms with Crippen LogP contribution in [-0.4, -0.2) is 44.1 Å². The van der Waals surface area contributed by atoms with Gasteiger partial charge in [0.05, 0.1) is 17.5 Å². The van der Waals surface area contributed by atoms with Crippen molar-refractivity contribution in [3.05, 3.63) is 5.82 Å². The number of nitrogens with zero attached hydrogens (tertiary/aromatic N) is 5. The number of aromatic nitrogens is 4. The summed E-state index contributed by atoms with van der Waals surface area (Å²) < 4.78 is 1.81. The number of hydrogen-bond donors (Lipinski definition) is 1. The maximum atomic E-state index is 11.2. The molecule has 0 spiro atoms. The number of nitrogens with two attached hydrogens (primary N) is 1. The monoisotopic (exact) mass is 252 g/mol. The predicted octanol–water partition coefficient (Wildman–Crippen LogP) is -0.265. The van der Waals surface area contributed by atoms with Gasteiger partial charge in [0, 0.05) is 13.1 Å². The standard InChI is InChI=1S/C11H20N6O/c1-10(2,3)17-8(13-14-15-17)5-16-6-11(4,7-16)9(12)18/h5-7H2,1-4H3,(H2,12,18). The molecule has 0 aliphatic carbocycles. The first kappa shape index (κ1) is 12.9. The van der Waals surface area contributed by atoms with Crippen molar-refractivity contribution in [2.24, 2.45) is 11.1 Å². The average molecular weight is 252 g/mol. The van der Waals surface area contributed by atoms with Gasteiger partial charge in [-0.3, -0.25) is 9.69 Å². The van der Waals surface area contributed by atoms with Crippen LogP contribution in [0.3, 0.4) is 0 Å². The van der Waals surface area contributed by atoms with E-state index in [1.165, 1.54) is 0 Å². The summed E-state index contributed by atoms with van der Waals surface area (Å²) in [6.45, 7) is 10.0. The second-order valence-electron chi connectivity index (χ2n) is 6.25. The van der Waals surface area contributed by atoms with Crippen LogP contribution in [0.1, 0.15) is 33.5 Å². The molecule has 2 rings (SSSR count). The van der Waals surface area contributed by atoms with E-state index in [-0.39, 0.29) is 11.4 Å². The van der Waals surface area contributed by atoms with Crippen LogP contribution < -0.4 is 5.73 Å². The van der Waals surface area contributed by atoms with Gasteiger partial charge in [-0.1, -0.05) is 0 Å². The molecular weight excluding hydrogens is 232 g/mol. The number of hydrogen-bond acceptors (Lipinski definition) is 5. The highest BCUT2D eigenvalue weighted by molar-refractivity contribution is 5.82. The molecule has 0 bridgehead atoms. The van der Waals surface area contributed by atoms with Crippen LogP contribution in [-0.2, 0) is 16.9 Å². The fraction of sp³-hybridized carbons (Fsp3) is 0.818. The molecule has 1 aromatic rings. The Morgan fingerprint density at radius 2 is 2.06 bits per heavy atom. The minimum Gasteiger partial charge on any atom is -0.369 e. The predicted molar refractivity (Wildman–Crippen MR) is 65.4 cm³/mol. The number of carbonyl (C=O) groups excluding carboxylic acids is 1. The van der Waals surface area contributed by atoms with Gasteiger partial charge in [0.2, 0.25) is 5.91 Å². The Hall–Kier alpha value is -1.50. The van der Waals surface area contributed by atoms with Crippen molar-refractivity contribution in [1.29, 1.82) is 0 Å². The zero-order valence-corrected chi connectivity index (χ0v) is 11.3. The summed E-state index contributed by atoms with van der Waals surface area (Å²) in [5.41, 5.74) is 4.81.